The Bertz CT molecular complexity index is 529. The Morgan fingerprint density at radius 2 is 1.94 bits per heavy atom. The van der Waals surface area contributed by atoms with Crippen molar-refractivity contribution in [1.29, 1.82) is 0 Å². The van der Waals surface area contributed by atoms with Gasteiger partial charge in [-0.25, -0.2) is 4.98 Å². The van der Waals surface area contributed by atoms with Crippen LogP contribution in [0, 0.1) is 0 Å². The number of rotatable bonds is 4. The quantitative estimate of drug-likeness (QED) is 0.921. The molecule has 0 amide bonds. The smallest absolute Gasteiger partial charge is 0.216 e. The molecule has 94 valence electrons. The molecule has 2 rings (SSSR count). The van der Waals surface area contributed by atoms with Gasteiger partial charge in [0.25, 0.3) is 0 Å². The molecule has 0 aliphatic carbocycles. The van der Waals surface area contributed by atoms with Crippen LogP contribution in [0.25, 0.3) is 11.4 Å². The fourth-order valence-corrected chi connectivity index (χ4v) is 1.67. The molecule has 18 heavy (non-hydrogen) atoms. The highest BCUT2D eigenvalue weighted by molar-refractivity contribution is 6.30. The minimum absolute atomic E-state index is 0.0419. The van der Waals surface area contributed by atoms with E-state index in [1.807, 2.05) is 12.1 Å². The Kier molecular flexibility index (Phi) is 4.12. The second kappa shape index (κ2) is 5.80. The minimum Gasteiger partial charge on any atom is -0.481 e. The van der Waals surface area contributed by atoms with Crippen molar-refractivity contribution < 1.29 is 9.84 Å². The summed E-state index contributed by atoms with van der Waals surface area (Å²) >= 11 is 5.84. The van der Waals surface area contributed by atoms with Gasteiger partial charge in [0, 0.05) is 29.7 Å². The molecule has 0 atom stereocenters. The van der Waals surface area contributed by atoms with Crippen LogP contribution >= 0.6 is 11.6 Å². The second-order valence-corrected chi connectivity index (χ2v) is 4.14. The zero-order valence-electron chi connectivity index (χ0n) is 9.93. The number of halogens is 1. The molecule has 1 aromatic heterocycles. The first-order valence-electron chi connectivity index (χ1n) is 5.51. The summed E-state index contributed by atoms with van der Waals surface area (Å²) in [5.41, 5.74) is 1.60. The lowest BCUT2D eigenvalue weighted by atomic mass is 10.2. The molecule has 4 nitrogen and oxygen atoms in total. The Morgan fingerprint density at radius 1 is 1.22 bits per heavy atom. The van der Waals surface area contributed by atoms with E-state index in [1.54, 1.807) is 25.3 Å². The van der Waals surface area contributed by atoms with E-state index in [4.69, 9.17) is 21.4 Å². The van der Waals surface area contributed by atoms with Crippen LogP contribution in [0.15, 0.2) is 30.3 Å². The van der Waals surface area contributed by atoms with E-state index in [-0.39, 0.29) is 6.61 Å². The molecule has 0 saturated heterocycles. The van der Waals surface area contributed by atoms with Gasteiger partial charge in [-0.3, -0.25) is 0 Å². The number of methoxy groups -OCH3 is 1. The molecule has 0 spiro atoms. The van der Waals surface area contributed by atoms with Crippen molar-refractivity contribution in [2.45, 2.75) is 6.42 Å². The second-order valence-electron chi connectivity index (χ2n) is 3.71. The summed E-state index contributed by atoms with van der Waals surface area (Å²) in [6.07, 6.45) is 0.472. The molecule has 0 aliphatic heterocycles. The van der Waals surface area contributed by atoms with E-state index in [0.29, 0.717) is 23.1 Å². The molecule has 5 heteroatoms. The third kappa shape index (κ3) is 2.97. The summed E-state index contributed by atoms with van der Waals surface area (Å²) in [6.45, 7) is 0.0419. The van der Waals surface area contributed by atoms with Gasteiger partial charge in [0.05, 0.1) is 12.8 Å². The Labute approximate surface area is 110 Å². The zero-order valence-corrected chi connectivity index (χ0v) is 10.7. The summed E-state index contributed by atoms with van der Waals surface area (Å²) in [5, 5.41) is 9.63. The molecular formula is C13H13ClN2O2. The molecule has 0 bridgehead atoms. The third-order valence-corrected chi connectivity index (χ3v) is 2.69. The molecule has 0 aliphatic rings. The van der Waals surface area contributed by atoms with Gasteiger partial charge in [-0.05, 0) is 24.3 Å². The minimum atomic E-state index is 0.0419. The average Bonchev–Trinajstić information content (AvgIpc) is 2.39. The lowest BCUT2D eigenvalue weighted by Gasteiger charge is -2.06. The number of hydrogen-bond donors (Lipinski definition) is 1. The molecule has 2 aromatic rings. The lowest BCUT2D eigenvalue weighted by molar-refractivity contribution is 0.297. The third-order valence-electron chi connectivity index (χ3n) is 2.44. The van der Waals surface area contributed by atoms with Crippen molar-refractivity contribution in [3.8, 4) is 17.3 Å². The van der Waals surface area contributed by atoms with Crippen molar-refractivity contribution in [3.05, 3.63) is 41.0 Å². The van der Waals surface area contributed by atoms with Crippen LogP contribution in [0.2, 0.25) is 5.02 Å². The van der Waals surface area contributed by atoms with Gasteiger partial charge in [0.15, 0.2) is 5.82 Å². The maximum atomic E-state index is 8.96. The van der Waals surface area contributed by atoms with Gasteiger partial charge >= 0.3 is 0 Å². The monoisotopic (exact) mass is 264 g/mol. The summed E-state index contributed by atoms with van der Waals surface area (Å²) in [6, 6.07) is 8.98. The van der Waals surface area contributed by atoms with Crippen LogP contribution in [0.1, 0.15) is 5.69 Å². The van der Waals surface area contributed by atoms with Crippen molar-refractivity contribution in [3.63, 3.8) is 0 Å². The largest absolute Gasteiger partial charge is 0.481 e. The molecule has 0 fully saturated rings. The number of aromatic nitrogens is 2. The molecule has 1 aromatic carbocycles. The van der Waals surface area contributed by atoms with E-state index in [1.165, 1.54) is 0 Å². The summed E-state index contributed by atoms with van der Waals surface area (Å²) < 4.78 is 5.13. The van der Waals surface area contributed by atoms with Gasteiger partial charge in [-0.15, -0.1) is 0 Å². The average molecular weight is 265 g/mol. The SMILES string of the molecule is COc1cc(CCO)nc(-c2ccc(Cl)cc2)n1. The summed E-state index contributed by atoms with van der Waals surface area (Å²) in [5.74, 6) is 1.05. The fourth-order valence-electron chi connectivity index (χ4n) is 1.55. The van der Waals surface area contributed by atoms with E-state index >= 15 is 0 Å². The zero-order chi connectivity index (χ0) is 13.0. The lowest BCUT2D eigenvalue weighted by Crippen LogP contribution is -2.01. The molecule has 1 heterocycles. The predicted octanol–water partition coefficient (Wildman–Crippen LogP) is 2.34. The predicted molar refractivity (Wildman–Crippen MR) is 69.8 cm³/mol. The number of benzene rings is 1. The number of aliphatic hydroxyl groups is 1. The first-order valence-corrected chi connectivity index (χ1v) is 5.89. The Balaban J connectivity index is 2.42. The first-order chi connectivity index (χ1) is 8.72. The first kappa shape index (κ1) is 12.8. The standard InChI is InChI=1S/C13H13ClN2O2/c1-18-12-8-11(6-7-17)15-13(16-12)9-2-4-10(14)5-3-9/h2-5,8,17H,6-7H2,1H3. The topological polar surface area (TPSA) is 55.2 Å². The number of aliphatic hydroxyl groups excluding tert-OH is 1. The Morgan fingerprint density at radius 3 is 2.56 bits per heavy atom. The normalized spacial score (nSPS) is 10.4. The fraction of sp³-hybridized carbons (Fsp3) is 0.231. The van der Waals surface area contributed by atoms with Crippen molar-refractivity contribution >= 4 is 11.6 Å². The Hall–Kier alpha value is -1.65. The van der Waals surface area contributed by atoms with Crippen LogP contribution in [0.5, 0.6) is 5.88 Å². The van der Waals surface area contributed by atoms with Crippen molar-refractivity contribution in [2.75, 3.05) is 13.7 Å². The van der Waals surface area contributed by atoms with Crippen molar-refractivity contribution in [1.82, 2.24) is 9.97 Å². The maximum Gasteiger partial charge on any atom is 0.216 e. The number of ether oxygens (including phenoxy) is 1. The van der Waals surface area contributed by atoms with Gasteiger partial charge in [-0.1, -0.05) is 11.6 Å². The highest BCUT2D eigenvalue weighted by Crippen LogP contribution is 2.21. The van der Waals surface area contributed by atoms with E-state index in [0.717, 1.165) is 11.3 Å². The van der Waals surface area contributed by atoms with E-state index in [9.17, 15) is 0 Å². The van der Waals surface area contributed by atoms with Crippen LogP contribution in [-0.2, 0) is 6.42 Å². The van der Waals surface area contributed by atoms with Crippen LogP contribution in [0.3, 0.4) is 0 Å². The number of nitrogens with zero attached hydrogens (tertiary/aromatic N) is 2. The highest BCUT2D eigenvalue weighted by atomic mass is 35.5. The maximum absolute atomic E-state index is 8.96. The molecule has 0 radical (unpaired) electrons. The highest BCUT2D eigenvalue weighted by Gasteiger charge is 2.07. The number of hydrogen-bond acceptors (Lipinski definition) is 4. The summed E-state index contributed by atoms with van der Waals surface area (Å²) in [7, 11) is 1.55. The van der Waals surface area contributed by atoms with Gasteiger partial charge in [-0.2, -0.15) is 4.98 Å². The van der Waals surface area contributed by atoms with E-state index in [2.05, 4.69) is 9.97 Å². The van der Waals surface area contributed by atoms with Gasteiger partial charge < -0.3 is 9.84 Å². The van der Waals surface area contributed by atoms with Gasteiger partial charge in [0.2, 0.25) is 5.88 Å². The van der Waals surface area contributed by atoms with Crippen molar-refractivity contribution in [2.24, 2.45) is 0 Å². The van der Waals surface area contributed by atoms with E-state index < -0.39 is 0 Å². The van der Waals surface area contributed by atoms with Crippen LogP contribution in [0.4, 0.5) is 0 Å². The summed E-state index contributed by atoms with van der Waals surface area (Å²) in [4.78, 5) is 8.65. The molecule has 0 unspecified atom stereocenters. The van der Waals surface area contributed by atoms with Crippen LogP contribution < -0.4 is 4.74 Å². The van der Waals surface area contributed by atoms with Gasteiger partial charge in [0.1, 0.15) is 0 Å². The molecule has 1 N–H and O–H groups in total. The molecule has 0 saturated carbocycles. The molecular weight excluding hydrogens is 252 g/mol. The van der Waals surface area contributed by atoms with Crippen LogP contribution in [-0.4, -0.2) is 28.8 Å².